The number of allylic oxidation sites excluding steroid dienone is 1. The predicted octanol–water partition coefficient (Wildman–Crippen LogP) is -0.821. The van der Waals surface area contributed by atoms with E-state index < -0.39 is 36.4 Å². The summed E-state index contributed by atoms with van der Waals surface area (Å²) in [5.74, 6) is -4.97. The number of carbonyl (C=O) groups excluding carboxylic acids is 2. The summed E-state index contributed by atoms with van der Waals surface area (Å²) in [6.45, 7) is 13.8. The lowest BCUT2D eigenvalue weighted by atomic mass is 9.67. The summed E-state index contributed by atoms with van der Waals surface area (Å²) in [5, 5.41) is 54.5. The molecule has 0 radical (unpaired) electrons. The zero-order valence-corrected chi connectivity index (χ0v) is 24.2. The minimum absolute atomic E-state index is 0.00546. The number of hydroxylamine groups is 2. The van der Waals surface area contributed by atoms with Gasteiger partial charge in [-0.2, -0.15) is 5.06 Å². The highest BCUT2D eigenvalue weighted by molar-refractivity contribution is 6.22. The Bertz CT molecular complexity index is 1160. The molecular formula is C27H40N4O11. The number of hydrogen-bond donors (Lipinski definition) is 6. The first-order valence-electron chi connectivity index (χ1n) is 13.7. The van der Waals surface area contributed by atoms with Crippen molar-refractivity contribution in [3.8, 4) is 0 Å². The smallest absolute Gasteiger partial charge is 0.336 e. The fourth-order valence-corrected chi connectivity index (χ4v) is 4.61. The minimum Gasteiger partial charge on any atom is -0.481 e. The van der Waals surface area contributed by atoms with E-state index in [1.54, 1.807) is 0 Å². The highest BCUT2D eigenvalue weighted by Gasteiger charge is 2.49. The fraction of sp³-hybridized carbons (Fsp3) is 0.667. The Morgan fingerprint density at radius 3 is 1.67 bits per heavy atom. The van der Waals surface area contributed by atoms with Gasteiger partial charge in [0.05, 0.1) is 24.6 Å². The van der Waals surface area contributed by atoms with Gasteiger partial charge in [0, 0.05) is 62.8 Å². The van der Waals surface area contributed by atoms with Crippen molar-refractivity contribution in [3.05, 3.63) is 23.2 Å². The molecule has 15 nitrogen and oxygen atoms in total. The van der Waals surface area contributed by atoms with Crippen LogP contribution in [0.15, 0.2) is 23.2 Å². The number of Topliss-reactive ketones (excluding diaryl/α,β-unsaturated/α-hetero) is 1. The number of piperidine rings is 1. The number of aliphatic carboxylic acids is 3. The number of rotatable bonds is 8. The Hall–Kier alpha value is -3.53. The first-order chi connectivity index (χ1) is 19.3. The van der Waals surface area contributed by atoms with E-state index in [9.17, 15) is 34.3 Å². The van der Waals surface area contributed by atoms with Crippen LogP contribution in [0.4, 0.5) is 0 Å². The molecule has 4 fully saturated rings. The number of carbonyl (C=O) groups is 5. The molecular weight excluding hydrogens is 556 g/mol. The van der Waals surface area contributed by atoms with Crippen LogP contribution in [0.2, 0.25) is 0 Å². The van der Waals surface area contributed by atoms with Crippen molar-refractivity contribution in [2.75, 3.05) is 45.8 Å². The zero-order chi connectivity index (χ0) is 31.8. The normalized spacial score (nSPS) is 24.1. The zero-order valence-electron chi connectivity index (χ0n) is 24.2. The second-order valence-electron chi connectivity index (χ2n) is 12.1. The van der Waals surface area contributed by atoms with E-state index in [1.807, 2.05) is 42.4 Å². The monoisotopic (exact) mass is 596 g/mol. The third kappa shape index (κ3) is 7.27. The molecule has 4 aliphatic heterocycles. The standard InChI is InChI=1S/C12H13N3O2.C9H19NO2.C6H8O7/c16-9-7-8(13-1-2-13)12(17)11(15-5-6-15)10(9)14-3-4-14;1-8(2)7(11)5-6-10(12)9(8,3)4;7-3(8)1-6(13,5(11)12)2-4(9)10/h7H,1-6H2;7,11-12H,5-6H2,1-4H3;13H,1-2H2,(H,7,8)(H,9,10)(H,11,12). The molecule has 0 aromatic heterocycles. The molecule has 234 valence electrons. The van der Waals surface area contributed by atoms with Crippen LogP contribution in [0, 0.1) is 5.41 Å². The number of aliphatic hydroxyl groups is 2. The van der Waals surface area contributed by atoms with Crippen LogP contribution in [-0.4, -0.2) is 143 Å². The fourth-order valence-electron chi connectivity index (χ4n) is 4.61. The minimum atomic E-state index is -2.74. The third-order valence-corrected chi connectivity index (χ3v) is 8.44. The molecule has 0 spiro atoms. The van der Waals surface area contributed by atoms with E-state index in [0.29, 0.717) is 30.1 Å². The van der Waals surface area contributed by atoms with Gasteiger partial charge in [-0.3, -0.25) is 19.2 Å². The lowest BCUT2D eigenvalue weighted by Crippen LogP contribution is -2.61. The summed E-state index contributed by atoms with van der Waals surface area (Å²) < 4.78 is 0. The van der Waals surface area contributed by atoms with E-state index >= 15 is 0 Å². The van der Waals surface area contributed by atoms with Gasteiger partial charge < -0.3 is 45.4 Å². The maximum absolute atomic E-state index is 12.4. The maximum atomic E-state index is 12.4. The number of ketones is 2. The quantitative estimate of drug-likeness (QED) is 0.149. The molecule has 1 aliphatic carbocycles. The van der Waals surface area contributed by atoms with Gasteiger partial charge in [-0.05, 0) is 20.3 Å². The average molecular weight is 597 g/mol. The van der Waals surface area contributed by atoms with E-state index in [2.05, 4.69) is 0 Å². The van der Waals surface area contributed by atoms with E-state index in [1.165, 1.54) is 11.1 Å². The van der Waals surface area contributed by atoms with Crippen LogP contribution in [0.5, 0.6) is 0 Å². The van der Waals surface area contributed by atoms with Crippen LogP contribution < -0.4 is 0 Å². The number of hydrogen-bond acceptors (Lipinski definition) is 12. The molecule has 1 unspecified atom stereocenters. The molecule has 42 heavy (non-hydrogen) atoms. The number of nitrogens with zero attached hydrogens (tertiary/aromatic N) is 4. The van der Waals surface area contributed by atoms with Gasteiger partial charge in [-0.1, -0.05) is 13.8 Å². The molecule has 4 saturated heterocycles. The van der Waals surface area contributed by atoms with Crippen LogP contribution in [-0.2, 0) is 24.0 Å². The summed E-state index contributed by atoms with van der Waals surface area (Å²) in [4.78, 5) is 61.0. The van der Waals surface area contributed by atoms with Crippen molar-refractivity contribution in [2.45, 2.75) is 64.2 Å². The molecule has 5 rings (SSSR count). The highest BCUT2D eigenvalue weighted by atomic mass is 16.5. The molecule has 6 N–H and O–H groups in total. The Morgan fingerprint density at radius 2 is 1.29 bits per heavy atom. The SMILES string of the molecule is CC1(C)C(O)CCN(O)C1(C)C.O=C(O)CC(O)(CC(=O)O)C(=O)O.O=C1C=C(N2CC2)C(=O)C(N2CC2)=C1N1CC1. The van der Waals surface area contributed by atoms with Crippen LogP contribution in [0.1, 0.15) is 47.0 Å². The molecule has 0 bridgehead atoms. The van der Waals surface area contributed by atoms with Gasteiger partial charge in [0.2, 0.25) is 11.6 Å². The molecule has 0 aromatic rings. The van der Waals surface area contributed by atoms with Crippen molar-refractivity contribution in [1.82, 2.24) is 19.8 Å². The van der Waals surface area contributed by atoms with Crippen molar-refractivity contribution < 1.29 is 54.7 Å². The second kappa shape index (κ2) is 12.0. The largest absolute Gasteiger partial charge is 0.481 e. The van der Waals surface area contributed by atoms with E-state index in [-0.39, 0.29) is 28.6 Å². The van der Waals surface area contributed by atoms with Crippen molar-refractivity contribution in [3.63, 3.8) is 0 Å². The van der Waals surface area contributed by atoms with Gasteiger partial charge in [0.25, 0.3) is 0 Å². The van der Waals surface area contributed by atoms with Crippen LogP contribution in [0.3, 0.4) is 0 Å². The first kappa shape index (κ1) is 33.0. The molecule has 0 saturated carbocycles. The average Bonchev–Trinajstić information content (AvgIpc) is 3.72. The van der Waals surface area contributed by atoms with Gasteiger partial charge in [-0.15, -0.1) is 0 Å². The summed E-state index contributed by atoms with van der Waals surface area (Å²) in [6.07, 6.45) is -0.442. The van der Waals surface area contributed by atoms with Crippen molar-refractivity contribution in [2.24, 2.45) is 5.41 Å². The molecule has 0 amide bonds. The maximum Gasteiger partial charge on any atom is 0.336 e. The van der Waals surface area contributed by atoms with Gasteiger partial charge in [-0.25, -0.2) is 4.79 Å². The number of carboxylic acid groups (broad SMARTS) is 3. The number of carboxylic acids is 3. The highest BCUT2D eigenvalue weighted by Crippen LogP contribution is 2.42. The summed E-state index contributed by atoms with van der Waals surface area (Å²) >= 11 is 0. The number of aliphatic hydroxyl groups excluding tert-OH is 1. The summed E-state index contributed by atoms with van der Waals surface area (Å²) in [5.41, 5.74) is -1.47. The molecule has 1 atom stereocenters. The van der Waals surface area contributed by atoms with Crippen LogP contribution >= 0.6 is 0 Å². The Morgan fingerprint density at radius 1 is 0.833 bits per heavy atom. The first-order valence-corrected chi connectivity index (χ1v) is 13.7. The third-order valence-electron chi connectivity index (χ3n) is 8.44. The Kier molecular flexibility index (Phi) is 9.41. The van der Waals surface area contributed by atoms with Gasteiger partial charge in [0.1, 0.15) is 11.4 Å². The van der Waals surface area contributed by atoms with E-state index in [0.717, 1.165) is 39.3 Å². The molecule has 5 aliphatic rings. The van der Waals surface area contributed by atoms with Crippen molar-refractivity contribution in [1.29, 1.82) is 0 Å². The summed E-state index contributed by atoms with van der Waals surface area (Å²) in [7, 11) is 0. The lowest BCUT2D eigenvalue weighted by Gasteiger charge is -2.52. The molecule has 0 aromatic carbocycles. The Balaban J connectivity index is 0.000000178. The Labute approximate surface area is 242 Å². The lowest BCUT2D eigenvalue weighted by molar-refractivity contribution is -0.245. The summed E-state index contributed by atoms with van der Waals surface area (Å²) in [6, 6.07) is 0. The molecule has 15 heteroatoms. The topological polar surface area (TPSA) is 219 Å². The van der Waals surface area contributed by atoms with Crippen LogP contribution in [0.25, 0.3) is 0 Å². The molecule has 4 heterocycles. The second-order valence-corrected chi connectivity index (χ2v) is 12.1. The van der Waals surface area contributed by atoms with Crippen molar-refractivity contribution >= 4 is 29.5 Å². The van der Waals surface area contributed by atoms with E-state index in [4.69, 9.17) is 20.4 Å². The van der Waals surface area contributed by atoms with Gasteiger partial charge >= 0.3 is 17.9 Å². The predicted molar refractivity (Wildman–Crippen MR) is 144 cm³/mol. The van der Waals surface area contributed by atoms with Gasteiger partial charge in [0.15, 0.2) is 5.60 Å².